The first kappa shape index (κ1) is 16.2. The Morgan fingerprint density at radius 3 is 2.24 bits per heavy atom. The van der Waals surface area contributed by atoms with Crippen LogP contribution >= 0.6 is 0 Å². The molecule has 2 atom stereocenters. The number of aliphatic carboxylic acids is 1. The molecule has 2 rings (SSSR count). The van der Waals surface area contributed by atoms with Crippen LogP contribution in [-0.2, 0) is 14.3 Å². The molecule has 1 amide bonds. The zero-order valence-electron chi connectivity index (χ0n) is 13.0. The zero-order chi connectivity index (χ0) is 15.4. The third kappa shape index (κ3) is 4.68. The number of carbonyl (C=O) groups is 2. The van der Waals surface area contributed by atoms with Gasteiger partial charge in [-0.1, -0.05) is 12.8 Å². The Labute approximate surface area is 126 Å². The summed E-state index contributed by atoms with van der Waals surface area (Å²) in [6.07, 6.45) is 4.32. The van der Waals surface area contributed by atoms with Crippen molar-refractivity contribution in [3.05, 3.63) is 0 Å². The van der Waals surface area contributed by atoms with Crippen molar-refractivity contribution in [1.82, 2.24) is 9.80 Å². The SMILES string of the molecule is CC1CN(C(=O)CN(CC(=O)O)C2CCCC2)CC(C)O1. The highest BCUT2D eigenvalue weighted by Gasteiger charge is 2.30. The average Bonchev–Trinajstić information content (AvgIpc) is 2.89. The van der Waals surface area contributed by atoms with Gasteiger partial charge in [0.05, 0.1) is 25.3 Å². The quantitative estimate of drug-likeness (QED) is 0.818. The van der Waals surface area contributed by atoms with Crippen molar-refractivity contribution in [2.24, 2.45) is 0 Å². The Morgan fingerprint density at radius 1 is 1.14 bits per heavy atom. The molecule has 1 saturated carbocycles. The molecule has 0 bridgehead atoms. The van der Waals surface area contributed by atoms with Gasteiger partial charge in [0.15, 0.2) is 0 Å². The monoisotopic (exact) mass is 298 g/mol. The average molecular weight is 298 g/mol. The second kappa shape index (κ2) is 7.22. The van der Waals surface area contributed by atoms with Crippen LogP contribution in [-0.4, -0.2) is 71.2 Å². The molecule has 0 radical (unpaired) electrons. The van der Waals surface area contributed by atoms with E-state index in [0.29, 0.717) is 13.1 Å². The molecule has 21 heavy (non-hydrogen) atoms. The van der Waals surface area contributed by atoms with Gasteiger partial charge in [-0.15, -0.1) is 0 Å². The molecule has 2 unspecified atom stereocenters. The molecular formula is C15H26N2O4. The van der Waals surface area contributed by atoms with Gasteiger partial charge in [0.1, 0.15) is 0 Å². The third-order valence-corrected chi connectivity index (χ3v) is 4.29. The number of carbonyl (C=O) groups excluding carboxylic acids is 1. The van der Waals surface area contributed by atoms with Crippen LogP contribution in [0, 0.1) is 0 Å². The number of nitrogens with zero attached hydrogens (tertiary/aromatic N) is 2. The second-order valence-electron chi connectivity index (χ2n) is 6.29. The van der Waals surface area contributed by atoms with Gasteiger partial charge in [0.2, 0.25) is 5.91 Å². The highest BCUT2D eigenvalue weighted by molar-refractivity contribution is 5.79. The fraction of sp³-hybridized carbons (Fsp3) is 0.867. The summed E-state index contributed by atoms with van der Waals surface area (Å²) >= 11 is 0. The molecule has 0 aromatic rings. The molecule has 120 valence electrons. The lowest BCUT2D eigenvalue weighted by atomic mass is 10.2. The number of hydrogen-bond acceptors (Lipinski definition) is 4. The fourth-order valence-electron chi connectivity index (χ4n) is 3.41. The second-order valence-corrected chi connectivity index (χ2v) is 6.29. The van der Waals surface area contributed by atoms with E-state index in [4.69, 9.17) is 9.84 Å². The summed E-state index contributed by atoms with van der Waals surface area (Å²) in [5, 5.41) is 9.07. The van der Waals surface area contributed by atoms with Crippen LogP contribution in [0.2, 0.25) is 0 Å². The van der Waals surface area contributed by atoms with E-state index in [0.717, 1.165) is 25.7 Å². The maximum Gasteiger partial charge on any atom is 0.317 e. The lowest BCUT2D eigenvalue weighted by Gasteiger charge is -2.37. The number of amides is 1. The van der Waals surface area contributed by atoms with E-state index in [1.807, 2.05) is 23.6 Å². The summed E-state index contributed by atoms with van der Waals surface area (Å²) in [6, 6.07) is 0.237. The minimum Gasteiger partial charge on any atom is -0.480 e. The normalized spacial score (nSPS) is 27.3. The highest BCUT2D eigenvalue weighted by atomic mass is 16.5. The fourth-order valence-corrected chi connectivity index (χ4v) is 3.41. The van der Waals surface area contributed by atoms with Crippen LogP contribution in [0.25, 0.3) is 0 Å². The minimum atomic E-state index is -0.863. The minimum absolute atomic E-state index is 0.0187. The lowest BCUT2D eigenvalue weighted by molar-refractivity contribution is -0.146. The molecule has 1 N–H and O–H groups in total. The van der Waals surface area contributed by atoms with E-state index in [1.165, 1.54) is 0 Å². The van der Waals surface area contributed by atoms with Gasteiger partial charge in [0, 0.05) is 19.1 Å². The molecule has 2 fully saturated rings. The molecule has 1 aliphatic heterocycles. The summed E-state index contributed by atoms with van der Waals surface area (Å²) in [4.78, 5) is 27.2. The van der Waals surface area contributed by atoms with Crippen molar-refractivity contribution >= 4 is 11.9 Å². The van der Waals surface area contributed by atoms with Gasteiger partial charge in [0.25, 0.3) is 0 Å². The molecule has 1 aliphatic carbocycles. The third-order valence-electron chi connectivity index (χ3n) is 4.29. The van der Waals surface area contributed by atoms with Crippen molar-refractivity contribution in [1.29, 1.82) is 0 Å². The van der Waals surface area contributed by atoms with Crippen LogP contribution in [0.15, 0.2) is 0 Å². The van der Waals surface area contributed by atoms with Crippen molar-refractivity contribution in [3.8, 4) is 0 Å². The van der Waals surface area contributed by atoms with Crippen LogP contribution in [0.3, 0.4) is 0 Å². The number of carboxylic acid groups (broad SMARTS) is 1. The summed E-state index contributed by atoms with van der Waals surface area (Å²) in [7, 11) is 0. The number of carboxylic acids is 1. The maximum absolute atomic E-state index is 12.5. The predicted molar refractivity (Wildman–Crippen MR) is 78.1 cm³/mol. The van der Waals surface area contributed by atoms with E-state index < -0.39 is 5.97 Å². The van der Waals surface area contributed by atoms with E-state index in [2.05, 4.69) is 0 Å². The van der Waals surface area contributed by atoms with Gasteiger partial charge in [-0.2, -0.15) is 0 Å². The summed E-state index contributed by atoms with van der Waals surface area (Å²) in [5.41, 5.74) is 0. The predicted octanol–water partition coefficient (Wildman–Crippen LogP) is 0.951. The largest absolute Gasteiger partial charge is 0.480 e. The molecule has 0 aromatic carbocycles. The van der Waals surface area contributed by atoms with Gasteiger partial charge in [-0.05, 0) is 26.7 Å². The Hall–Kier alpha value is -1.14. The van der Waals surface area contributed by atoms with E-state index >= 15 is 0 Å². The molecule has 0 spiro atoms. The standard InChI is InChI=1S/C15H26N2O4/c1-11-7-17(8-12(2)21-11)14(18)9-16(10-15(19)20)13-5-3-4-6-13/h11-13H,3-10H2,1-2H3,(H,19,20). The van der Waals surface area contributed by atoms with E-state index in [9.17, 15) is 9.59 Å². The summed E-state index contributed by atoms with van der Waals surface area (Å²) < 4.78 is 5.63. The van der Waals surface area contributed by atoms with Gasteiger partial charge in [-0.25, -0.2) is 0 Å². The molecule has 1 saturated heterocycles. The van der Waals surface area contributed by atoms with Crippen molar-refractivity contribution < 1.29 is 19.4 Å². The molecule has 1 heterocycles. The van der Waals surface area contributed by atoms with Crippen LogP contribution in [0.4, 0.5) is 0 Å². The first-order valence-corrected chi connectivity index (χ1v) is 7.84. The van der Waals surface area contributed by atoms with E-state index in [-0.39, 0.29) is 37.2 Å². The topological polar surface area (TPSA) is 70.1 Å². The molecule has 2 aliphatic rings. The molecule has 6 heteroatoms. The number of hydrogen-bond donors (Lipinski definition) is 1. The van der Waals surface area contributed by atoms with Crippen LogP contribution < -0.4 is 0 Å². The maximum atomic E-state index is 12.5. The molecular weight excluding hydrogens is 272 g/mol. The zero-order valence-corrected chi connectivity index (χ0v) is 13.0. The first-order chi connectivity index (χ1) is 9.95. The Kier molecular flexibility index (Phi) is 5.58. The number of morpholine rings is 1. The summed E-state index contributed by atoms with van der Waals surface area (Å²) in [5.74, 6) is -0.844. The van der Waals surface area contributed by atoms with Crippen LogP contribution in [0.1, 0.15) is 39.5 Å². The Bertz CT molecular complexity index is 372. The van der Waals surface area contributed by atoms with Crippen molar-refractivity contribution in [3.63, 3.8) is 0 Å². The number of rotatable bonds is 5. The Morgan fingerprint density at radius 2 is 1.71 bits per heavy atom. The first-order valence-electron chi connectivity index (χ1n) is 7.84. The van der Waals surface area contributed by atoms with Crippen molar-refractivity contribution in [2.75, 3.05) is 26.2 Å². The van der Waals surface area contributed by atoms with Gasteiger partial charge in [-0.3, -0.25) is 14.5 Å². The van der Waals surface area contributed by atoms with Crippen molar-refractivity contribution in [2.45, 2.75) is 57.8 Å². The van der Waals surface area contributed by atoms with E-state index in [1.54, 1.807) is 0 Å². The molecule has 6 nitrogen and oxygen atoms in total. The number of ether oxygens (including phenoxy) is 1. The van der Waals surface area contributed by atoms with Gasteiger partial charge < -0.3 is 14.7 Å². The summed E-state index contributed by atoms with van der Waals surface area (Å²) in [6.45, 7) is 5.26. The van der Waals surface area contributed by atoms with Crippen LogP contribution in [0.5, 0.6) is 0 Å². The smallest absolute Gasteiger partial charge is 0.317 e. The highest BCUT2D eigenvalue weighted by Crippen LogP contribution is 2.23. The lowest BCUT2D eigenvalue weighted by Crippen LogP contribution is -2.52. The van der Waals surface area contributed by atoms with Gasteiger partial charge >= 0.3 is 5.97 Å². The Balaban J connectivity index is 1.94. The molecule has 0 aromatic heterocycles.